The van der Waals surface area contributed by atoms with Crippen molar-refractivity contribution in [1.82, 2.24) is 0 Å². The van der Waals surface area contributed by atoms with E-state index in [4.69, 9.17) is 0 Å². The van der Waals surface area contributed by atoms with E-state index in [0.29, 0.717) is 0 Å². The van der Waals surface area contributed by atoms with Crippen molar-refractivity contribution in [3.05, 3.63) is 35.4 Å². The largest absolute Gasteiger partial charge is 0.389 e. The van der Waals surface area contributed by atoms with Crippen LogP contribution in [0.1, 0.15) is 38.8 Å². The fraction of sp³-hybridized carbons (Fsp3) is 0.571. The summed E-state index contributed by atoms with van der Waals surface area (Å²) in [5, 5.41) is 20.5. The van der Waals surface area contributed by atoms with Gasteiger partial charge in [-0.1, -0.05) is 52.0 Å². The van der Waals surface area contributed by atoms with Crippen molar-refractivity contribution in [2.75, 3.05) is 0 Å². The van der Waals surface area contributed by atoms with Crippen LogP contribution >= 0.6 is 0 Å². The smallest absolute Gasteiger partial charge is 0.0898 e. The minimum Gasteiger partial charge on any atom is -0.389 e. The minimum atomic E-state index is -0.725. The predicted molar refractivity (Wildman–Crippen MR) is 64.5 cm³/mol. The van der Waals surface area contributed by atoms with E-state index in [1.807, 2.05) is 52.0 Å². The summed E-state index contributed by atoms with van der Waals surface area (Å²) in [6.45, 7) is 7.92. The Morgan fingerprint density at radius 3 is 1.44 bits per heavy atom. The Bertz CT molecular complexity index is 368. The molecule has 0 bridgehead atoms. The Morgan fingerprint density at radius 2 is 1.12 bits per heavy atom. The van der Waals surface area contributed by atoms with Crippen molar-refractivity contribution < 1.29 is 10.2 Å². The van der Waals surface area contributed by atoms with Gasteiger partial charge in [0, 0.05) is 10.8 Å². The summed E-state index contributed by atoms with van der Waals surface area (Å²) in [5.74, 6) is 0. The van der Waals surface area contributed by atoms with Crippen LogP contribution in [0.5, 0.6) is 0 Å². The first-order valence-corrected chi connectivity index (χ1v) is 5.75. The third kappa shape index (κ3) is 1.33. The summed E-state index contributed by atoms with van der Waals surface area (Å²) in [5.41, 5.74) is 1.48. The number of hydrogen-bond donors (Lipinski definition) is 2. The summed E-state index contributed by atoms with van der Waals surface area (Å²) in [6.07, 6.45) is -1.45. The van der Waals surface area contributed by atoms with Crippen LogP contribution in [0.25, 0.3) is 0 Å². The number of benzene rings is 1. The van der Waals surface area contributed by atoms with E-state index in [1.54, 1.807) is 0 Å². The first kappa shape index (κ1) is 11.6. The average Bonchev–Trinajstić information content (AvgIpc) is 2.25. The third-order valence-electron chi connectivity index (χ3n) is 4.09. The molecule has 0 saturated carbocycles. The van der Waals surface area contributed by atoms with E-state index in [-0.39, 0.29) is 0 Å². The second-order valence-electron chi connectivity index (χ2n) is 5.88. The number of aliphatic hydroxyl groups is 2. The molecule has 0 aliphatic heterocycles. The Morgan fingerprint density at radius 1 is 0.812 bits per heavy atom. The van der Waals surface area contributed by atoms with E-state index in [0.717, 1.165) is 11.1 Å². The van der Waals surface area contributed by atoms with Crippen molar-refractivity contribution in [3.63, 3.8) is 0 Å². The summed E-state index contributed by atoms with van der Waals surface area (Å²) >= 11 is 0. The Labute approximate surface area is 96.9 Å². The molecule has 2 rings (SSSR count). The van der Waals surface area contributed by atoms with Gasteiger partial charge in [0.15, 0.2) is 0 Å². The molecule has 16 heavy (non-hydrogen) atoms. The van der Waals surface area contributed by atoms with Gasteiger partial charge in [0.25, 0.3) is 0 Å². The highest BCUT2D eigenvalue weighted by molar-refractivity contribution is 5.44. The lowest BCUT2D eigenvalue weighted by molar-refractivity contribution is -0.0673. The maximum Gasteiger partial charge on any atom is 0.0898 e. The van der Waals surface area contributed by atoms with Crippen molar-refractivity contribution in [1.29, 1.82) is 0 Å². The van der Waals surface area contributed by atoms with Crippen molar-refractivity contribution in [2.45, 2.75) is 50.7 Å². The Hall–Kier alpha value is -0.860. The second kappa shape index (κ2) is 3.31. The minimum absolute atomic E-state index is 0.397. The highest BCUT2D eigenvalue weighted by Gasteiger charge is 2.49. The Kier molecular flexibility index (Phi) is 2.41. The molecule has 88 valence electrons. The van der Waals surface area contributed by atoms with Crippen molar-refractivity contribution in [2.24, 2.45) is 0 Å². The van der Waals surface area contributed by atoms with Gasteiger partial charge >= 0.3 is 0 Å². The fourth-order valence-corrected chi connectivity index (χ4v) is 2.71. The molecule has 1 aliphatic carbocycles. The first-order chi connectivity index (χ1) is 7.29. The van der Waals surface area contributed by atoms with Crippen LogP contribution in [0.15, 0.2) is 24.3 Å². The van der Waals surface area contributed by atoms with Crippen LogP contribution in [0, 0.1) is 0 Å². The van der Waals surface area contributed by atoms with Gasteiger partial charge in [-0.3, -0.25) is 0 Å². The van der Waals surface area contributed by atoms with E-state index in [9.17, 15) is 10.2 Å². The molecule has 0 radical (unpaired) electrons. The van der Waals surface area contributed by atoms with Crippen LogP contribution in [0.4, 0.5) is 0 Å². The zero-order valence-corrected chi connectivity index (χ0v) is 10.4. The molecule has 2 atom stereocenters. The number of rotatable bonds is 0. The molecule has 0 amide bonds. The molecule has 0 fully saturated rings. The van der Waals surface area contributed by atoms with Crippen molar-refractivity contribution in [3.8, 4) is 0 Å². The molecule has 0 saturated heterocycles. The van der Waals surface area contributed by atoms with E-state index in [2.05, 4.69) is 0 Å². The highest BCUT2D eigenvalue weighted by atomic mass is 16.3. The lowest BCUT2D eigenvalue weighted by Gasteiger charge is -2.48. The fourth-order valence-electron chi connectivity index (χ4n) is 2.71. The van der Waals surface area contributed by atoms with Crippen molar-refractivity contribution >= 4 is 0 Å². The Balaban J connectivity index is 2.70. The normalized spacial score (nSPS) is 30.9. The predicted octanol–water partition coefficient (Wildman–Crippen LogP) is 1.98. The third-order valence-corrected chi connectivity index (χ3v) is 4.09. The van der Waals surface area contributed by atoms with Gasteiger partial charge < -0.3 is 10.2 Å². The van der Waals surface area contributed by atoms with Crippen LogP contribution in [0.2, 0.25) is 0 Å². The number of fused-ring (bicyclic) bond motifs is 1. The lowest BCUT2D eigenvalue weighted by Crippen LogP contribution is -2.56. The first-order valence-electron chi connectivity index (χ1n) is 5.75. The molecule has 1 aromatic rings. The SMILES string of the molecule is CC1(C)c2ccccc2C(C)(C)[C@@H](O)[C@@H]1O. The van der Waals surface area contributed by atoms with Crippen LogP contribution in [-0.4, -0.2) is 22.4 Å². The molecule has 0 heterocycles. The standard InChI is InChI=1S/C14H20O2/c1-13(2)9-7-5-6-8-10(9)14(3,4)12(16)11(13)15/h5-8,11-12,15-16H,1-4H3/t11-,12-/m0/s1. The summed E-state index contributed by atoms with van der Waals surface area (Å²) in [7, 11) is 0. The zero-order valence-electron chi connectivity index (χ0n) is 10.4. The average molecular weight is 220 g/mol. The monoisotopic (exact) mass is 220 g/mol. The maximum atomic E-state index is 10.2. The molecular formula is C14H20O2. The van der Waals surface area contributed by atoms with Crippen LogP contribution in [-0.2, 0) is 10.8 Å². The van der Waals surface area contributed by atoms with E-state index >= 15 is 0 Å². The maximum absolute atomic E-state index is 10.2. The molecule has 1 aliphatic rings. The van der Waals surface area contributed by atoms with Gasteiger partial charge in [-0.15, -0.1) is 0 Å². The van der Waals surface area contributed by atoms with E-state index < -0.39 is 23.0 Å². The number of hydrogen-bond acceptors (Lipinski definition) is 2. The molecule has 0 unspecified atom stereocenters. The van der Waals surface area contributed by atoms with Gasteiger partial charge in [0.1, 0.15) is 0 Å². The zero-order chi connectivity index (χ0) is 12.1. The van der Waals surface area contributed by atoms with Gasteiger partial charge in [-0.2, -0.15) is 0 Å². The second-order valence-corrected chi connectivity index (χ2v) is 5.88. The molecule has 2 N–H and O–H groups in total. The molecule has 2 nitrogen and oxygen atoms in total. The summed E-state index contributed by atoms with van der Waals surface area (Å²) < 4.78 is 0. The number of aliphatic hydroxyl groups excluding tert-OH is 2. The van der Waals surface area contributed by atoms with Gasteiger partial charge in [-0.05, 0) is 11.1 Å². The molecule has 0 spiro atoms. The topological polar surface area (TPSA) is 40.5 Å². The molecule has 0 aromatic heterocycles. The molecule has 2 heteroatoms. The summed E-state index contributed by atoms with van der Waals surface area (Å²) in [6, 6.07) is 8.07. The van der Waals surface area contributed by atoms with E-state index in [1.165, 1.54) is 0 Å². The lowest BCUT2D eigenvalue weighted by atomic mass is 9.60. The van der Waals surface area contributed by atoms with Crippen LogP contribution in [0.3, 0.4) is 0 Å². The molecule has 1 aromatic carbocycles. The van der Waals surface area contributed by atoms with Crippen LogP contribution < -0.4 is 0 Å². The summed E-state index contributed by atoms with van der Waals surface area (Å²) in [4.78, 5) is 0. The molecular weight excluding hydrogens is 200 g/mol. The quantitative estimate of drug-likeness (QED) is 0.702. The highest BCUT2D eigenvalue weighted by Crippen LogP contribution is 2.45. The van der Waals surface area contributed by atoms with Gasteiger partial charge in [0.2, 0.25) is 0 Å². The van der Waals surface area contributed by atoms with Gasteiger partial charge in [0.05, 0.1) is 12.2 Å². The van der Waals surface area contributed by atoms with Gasteiger partial charge in [-0.25, -0.2) is 0 Å².